The van der Waals surface area contributed by atoms with Crippen LogP contribution >= 0.6 is 0 Å². The van der Waals surface area contributed by atoms with Gasteiger partial charge in [0, 0.05) is 30.9 Å². The highest BCUT2D eigenvalue weighted by Crippen LogP contribution is 2.35. The molecule has 3 heterocycles. The van der Waals surface area contributed by atoms with Crippen molar-refractivity contribution in [2.24, 2.45) is 7.05 Å². The van der Waals surface area contributed by atoms with E-state index in [1.807, 2.05) is 11.7 Å². The average Bonchev–Trinajstić information content (AvgIpc) is 2.93. The molecule has 4 atom stereocenters. The number of hydrogen-bond acceptors (Lipinski definition) is 3. The van der Waals surface area contributed by atoms with E-state index in [9.17, 15) is 0 Å². The highest BCUT2D eigenvalue weighted by Gasteiger charge is 2.41. The fraction of sp³-hybridized carbons (Fsp3) is 0.769. The maximum atomic E-state index is 5.87. The summed E-state index contributed by atoms with van der Waals surface area (Å²) in [5, 5.41) is 8.10. The van der Waals surface area contributed by atoms with Gasteiger partial charge in [0.1, 0.15) is 0 Å². The van der Waals surface area contributed by atoms with E-state index in [1.165, 1.54) is 24.8 Å². The van der Waals surface area contributed by atoms with Gasteiger partial charge >= 0.3 is 0 Å². The third-order valence-electron chi connectivity index (χ3n) is 4.09. The van der Waals surface area contributed by atoms with Crippen LogP contribution in [0.2, 0.25) is 0 Å². The molecule has 0 spiro atoms. The lowest BCUT2D eigenvalue weighted by Crippen LogP contribution is -2.39. The van der Waals surface area contributed by atoms with Crippen LogP contribution in [-0.4, -0.2) is 28.0 Å². The van der Waals surface area contributed by atoms with E-state index in [0.717, 1.165) is 5.69 Å². The molecule has 0 radical (unpaired) electrons. The van der Waals surface area contributed by atoms with E-state index in [4.69, 9.17) is 4.74 Å². The summed E-state index contributed by atoms with van der Waals surface area (Å²) in [5.74, 6) is 0. The van der Waals surface area contributed by atoms with Crippen LogP contribution in [0.4, 0.5) is 0 Å². The topological polar surface area (TPSA) is 39.1 Å². The van der Waals surface area contributed by atoms with Gasteiger partial charge in [-0.2, -0.15) is 5.10 Å². The van der Waals surface area contributed by atoms with Gasteiger partial charge in [-0.3, -0.25) is 4.68 Å². The van der Waals surface area contributed by atoms with E-state index in [0.29, 0.717) is 24.3 Å². The fourth-order valence-corrected chi connectivity index (χ4v) is 3.27. The van der Waals surface area contributed by atoms with Crippen LogP contribution in [0.15, 0.2) is 6.20 Å². The SMILES string of the molecule is Cc1nn(C)cc1C(C)NC1CC2CCC1O2. The first-order valence-electron chi connectivity index (χ1n) is 6.55. The molecule has 1 aromatic rings. The third-order valence-corrected chi connectivity index (χ3v) is 4.09. The lowest BCUT2D eigenvalue weighted by atomic mass is 9.94. The molecule has 94 valence electrons. The molecule has 4 heteroatoms. The summed E-state index contributed by atoms with van der Waals surface area (Å²) in [6.07, 6.45) is 6.72. The van der Waals surface area contributed by atoms with Gasteiger partial charge in [0.15, 0.2) is 0 Å². The van der Waals surface area contributed by atoms with E-state index in [2.05, 4.69) is 30.5 Å². The van der Waals surface area contributed by atoms with Gasteiger partial charge in [-0.25, -0.2) is 0 Å². The zero-order valence-electron chi connectivity index (χ0n) is 10.8. The van der Waals surface area contributed by atoms with Gasteiger partial charge in [0.25, 0.3) is 0 Å². The Balaban J connectivity index is 1.67. The predicted octanol–water partition coefficient (Wildman–Crippen LogP) is 1.70. The molecule has 2 aliphatic heterocycles. The molecule has 2 bridgehead atoms. The van der Waals surface area contributed by atoms with Crippen molar-refractivity contribution in [1.82, 2.24) is 15.1 Å². The van der Waals surface area contributed by atoms with Crippen LogP contribution in [0, 0.1) is 6.92 Å². The van der Waals surface area contributed by atoms with Crippen molar-refractivity contribution in [1.29, 1.82) is 0 Å². The predicted molar refractivity (Wildman–Crippen MR) is 65.8 cm³/mol. The van der Waals surface area contributed by atoms with Crippen LogP contribution in [0.25, 0.3) is 0 Å². The molecule has 4 nitrogen and oxygen atoms in total. The van der Waals surface area contributed by atoms with E-state index in [-0.39, 0.29) is 0 Å². The quantitative estimate of drug-likeness (QED) is 0.866. The van der Waals surface area contributed by atoms with Gasteiger partial charge < -0.3 is 10.1 Å². The summed E-state index contributed by atoms with van der Waals surface area (Å²) < 4.78 is 7.76. The summed E-state index contributed by atoms with van der Waals surface area (Å²) in [7, 11) is 1.98. The number of rotatable bonds is 3. The van der Waals surface area contributed by atoms with Crippen LogP contribution in [0.1, 0.15) is 43.5 Å². The Morgan fingerprint density at radius 1 is 1.53 bits per heavy atom. The normalized spacial score (nSPS) is 33.2. The van der Waals surface area contributed by atoms with Crippen molar-refractivity contribution in [3.8, 4) is 0 Å². The Morgan fingerprint density at radius 2 is 2.35 bits per heavy atom. The van der Waals surface area contributed by atoms with Crippen molar-refractivity contribution in [2.75, 3.05) is 0 Å². The van der Waals surface area contributed by atoms with Gasteiger partial charge in [-0.15, -0.1) is 0 Å². The second-order valence-electron chi connectivity index (χ2n) is 5.45. The van der Waals surface area contributed by atoms with Crippen LogP contribution < -0.4 is 5.32 Å². The minimum Gasteiger partial charge on any atom is -0.373 e. The van der Waals surface area contributed by atoms with Crippen molar-refractivity contribution >= 4 is 0 Å². The lowest BCUT2D eigenvalue weighted by Gasteiger charge is -2.24. The summed E-state index contributed by atoms with van der Waals surface area (Å²) in [6, 6.07) is 0.889. The van der Waals surface area contributed by atoms with Crippen LogP contribution in [0.5, 0.6) is 0 Å². The van der Waals surface area contributed by atoms with Crippen molar-refractivity contribution in [3.63, 3.8) is 0 Å². The lowest BCUT2D eigenvalue weighted by molar-refractivity contribution is 0.0962. The number of aromatic nitrogens is 2. The molecule has 0 aliphatic carbocycles. The smallest absolute Gasteiger partial charge is 0.0733 e. The highest BCUT2D eigenvalue weighted by atomic mass is 16.5. The number of ether oxygens (including phenoxy) is 1. The fourth-order valence-electron chi connectivity index (χ4n) is 3.27. The Hall–Kier alpha value is -0.870. The van der Waals surface area contributed by atoms with Gasteiger partial charge in [0.2, 0.25) is 0 Å². The molecule has 0 amide bonds. The first-order valence-corrected chi connectivity index (χ1v) is 6.55. The standard InChI is InChI=1S/C13H21N3O/c1-8(11-7-16(3)15-9(11)2)14-12-6-10-4-5-13(12)17-10/h7-8,10,12-14H,4-6H2,1-3H3. The summed E-state index contributed by atoms with van der Waals surface area (Å²) in [6.45, 7) is 4.29. The van der Waals surface area contributed by atoms with Gasteiger partial charge in [-0.05, 0) is 33.1 Å². The number of nitrogens with zero attached hydrogens (tertiary/aromatic N) is 2. The Bertz CT molecular complexity index is 415. The van der Waals surface area contributed by atoms with Crippen molar-refractivity contribution in [3.05, 3.63) is 17.5 Å². The Labute approximate surface area is 102 Å². The first-order chi connectivity index (χ1) is 8.13. The second-order valence-corrected chi connectivity index (χ2v) is 5.45. The molecular formula is C13H21N3O. The van der Waals surface area contributed by atoms with Crippen molar-refractivity contribution in [2.45, 2.75) is 57.4 Å². The maximum absolute atomic E-state index is 5.87. The molecule has 0 saturated carbocycles. The molecule has 2 saturated heterocycles. The highest BCUT2D eigenvalue weighted by molar-refractivity contribution is 5.19. The second kappa shape index (κ2) is 4.10. The minimum atomic E-state index is 0.358. The number of nitrogens with one attached hydrogen (secondary N) is 1. The van der Waals surface area contributed by atoms with Crippen LogP contribution in [0.3, 0.4) is 0 Å². The Kier molecular flexibility index (Phi) is 2.71. The van der Waals surface area contributed by atoms with Gasteiger partial charge in [-0.1, -0.05) is 0 Å². The molecule has 3 rings (SSSR count). The molecule has 0 aromatic carbocycles. The molecule has 2 aliphatic rings. The zero-order valence-corrected chi connectivity index (χ0v) is 10.8. The van der Waals surface area contributed by atoms with E-state index < -0.39 is 0 Å². The number of fused-ring (bicyclic) bond motifs is 2. The minimum absolute atomic E-state index is 0.358. The first kappa shape index (κ1) is 11.2. The number of aryl methyl sites for hydroxylation is 2. The molecule has 2 fully saturated rings. The summed E-state index contributed by atoms with van der Waals surface area (Å²) in [5.41, 5.74) is 2.42. The number of hydrogen-bond donors (Lipinski definition) is 1. The van der Waals surface area contributed by atoms with E-state index in [1.54, 1.807) is 0 Å². The molecular weight excluding hydrogens is 214 g/mol. The van der Waals surface area contributed by atoms with Crippen LogP contribution in [-0.2, 0) is 11.8 Å². The monoisotopic (exact) mass is 235 g/mol. The summed E-state index contributed by atoms with van der Waals surface area (Å²) in [4.78, 5) is 0. The maximum Gasteiger partial charge on any atom is 0.0733 e. The third kappa shape index (κ3) is 2.00. The molecule has 4 unspecified atom stereocenters. The molecule has 1 N–H and O–H groups in total. The summed E-state index contributed by atoms with van der Waals surface area (Å²) >= 11 is 0. The Morgan fingerprint density at radius 3 is 2.88 bits per heavy atom. The van der Waals surface area contributed by atoms with E-state index >= 15 is 0 Å². The largest absolute Gasteiger partial charge is 0.373 e. The zero-order chi connectivity index (χ0) is 12.0. The van der Waals surface area contributed by atoms with Gasteiger partial charge in [0.05, 0.1) is 17.9 Å². The molecule has 17 heavy (non-hydrogen) atoms. The van der Waals surface area contributed by atoms with Crippen molar-refractivity contribution < 1.29 is 4.74 Å². The molecule has 1 aromatic heterocycles. The average molecular weight is 235 g/mol.